The Hall–Kier alpha value is -3.78. The highest BCUT2D eigenvalue weighted by molar-refractivity contribution is 7.97. The fourth-order valence-corrected chi connectivity index (χ4v) is 5.19. The molecule has 1 heterocycles. The molecule has 1 aromatic heterocycles. The second-order valence-corrected chi connectivity index (χ2v) is 10.8. The number of methoxy groups -OCH3 is 1. The minimum Gasteiger partial charge on any atom is -0.497 e. The standard InChI is InChI=1S/C33H39NO6S/c1-39-29-16-13-25(14-17-29)8-6-4-2-3-5-7-21-40-31-19-15-28(34-30(31)18-20-32(35)36)24-41-23-27-11-9-26(10-12-27)22-33(37)38/h9-20H,2-8,21-24H2,1H3,(H,35,36)(H,37,38). The van der Waals surface area contributed by atoms with Crippen molar-refractivity contribution in [3.63, 3.8) is 0 Å². The summed E-state index contributed by atoms with van der Waals surface area (Å²) in [5, 5.41) is 18.0. The maximum Gasteiger partial charge on any atom is 0.328 e. The molecule has 0 saturated heterocycles. The Bertz CT molecular complexity index is 1260. The maximum absolute atomic E-state index is 11.1. The Morgan fingerprint density at radius 3 is 2.15 bits per heavy atom. The summed E-state index contributed by atoms with van der Waals surface area (Å²) in [5.74, 6) is 1.02. The van der Waals surface area contributed by atoms with E-state index in [-0.39, 0.29) is 6.42 Å². The summed E-state index contributed by atoms with van der Waals surface area (Å²) in [6.45, 7) is 0.563. The lowest BCUT2D eigenvalue weighted by atomic mass is 10.0. The molecular weight excluding hydrogens is 538 g/mol. The number of carbonyl (C=O) groups is 2. The lowest BCUT2D eigenvalue weighted by Crippen LogP contribution is -2.02. The molecule has 0 aliphatic heterocycles. The Kier molecular flexibility index (Phi) is 13.8. The maximum atomic E-state index is 11.1. The quantitative estimate of drug-likeness (QED) is 0.114. The molecule has 8 heteroatoms. The van der Waals surface area contributed by atoms with Gasteiger partial charge in [0.25, 0.3) is 0 Å². The van der Waals surface area contributed by atoms with Crippen LogP contribution in [0.3, 0.4) is 0 Å². The summed E-state index contributed by atoms with van der Waals surface area (Å²) in [5.41, 5.74) is 4.58. The first-order chi connectivity index (χ1) is 19.9. The van der Waals surface area contributed by atoms with Crippen LogP contribution in [0.2, 0.25) is 0 Å². The van der Waals surface area contributed by atoms with Crippen LogP contribution in [-0.2, 0) is 33.9 Å². The van der Waals surface area contributed by atoms with E-state index in [1.807, 2.05) is 48.5 Å². The van der Waals surface area contributed by atoms with Crippen LogP contribution in [0, 0.1) is 0 Å². The highest BCUT2D eigenvalue weighted by atomic mass is 32.2. The number of unbranched alkanes of at least 4 members (excludes halogenated alkanes) is 5. The zero-order valence-corrected chi connectivity index (χ0v) is 24.4. The molecule has 7 nitrogen and oxygen atoms in total. The Morgan fingerprint density at radius 2 is 1.46 bits per heavy atom. The van der Waals surface area contributed by atoms with E-state index in [1.165, 1.54) is 30.9 Å². The number of rotatable bonds is 19. The van der Waals surface area contributed by atoms with Gasteiger partial charge < -0.3 is 19.7 Å². The fraction of sp³-hybridized carbons (Fsp3) is 0.364. The zero-order chi connectivity index (χ0) is 29.3. The number of nitrogens with zero attached hydrogens (tertiary/aromatic N) is 1. The van der Waals surface area contributed by atoms with Crippen molar-refractivity contribution in [1.82, 2.24) is 4.98 Å². The number of carboxylic acid groups (broad SMARTS) is 2. The highest BCUT2D eigenvalue weighted by Gasteiger charge is 2.07. The molecule has 0 spiro atoms. The van der Waals surface area contributed by atoms with Gasteiger partial charge in [0.2, 0.25) is 0 Å². The highest BCUT2D eigenvalue weighted by Crippen LogP contribution is 2.23. The first-order valence-electron chi connectivity index (χ1n) is 14.0. The van der Waals surface area contributed by atoms with E-state index in [2.05, 4.69) is 17.1 Å². The molecule has 0 amide bonds. The number of hydrogen-bond donors (Lipinski definition) is 2. The van der Waals surface area contributed by atoms with Crippen molar-refractivity contribution in [3.8, 4) is 11.5 Å². The van der Waals surface area contributed by atoms with Gasteiger partial charge in [-0.3, -0.25) is 4.79 Å². The molecule has 3 aromatic rings. The zero-order valence-electron chi connectivity index (χ0n) is 23.6. The number of aromatic nitrogens is 1. The van der Waals surface area contributed by atoms with Crippen molar-refractivity contribution in [2.75, 3.05) is 13.7 Å². The van der Waals surface area contributed by atoms with E-state index < -0.39 is 11.9 Å². The minimum absolute atomic E-state index is 0.0183. The molecular formula is C33H39NO6S. The summed E-state index contributed by atoms with van der Waals surface area (Å²) in [6.07, 6.45) is 10.4. The number of ether oxygens (including phenoxy) is 2. The normalized spacial score (nSPS) is 11.0. The van der Waals surface area contributed by atoms with Crippen molar-refractivity contribution in [3.05, 3.63) is 94.8 Å². The summed E-state index contributed by atoms with van der Waals surface area (Å²) in [6, 6.07) is 19.6. The van der Waals surface area contributed by atoms with Crippen molar-refractivity contribution < 1.29 is 29.3 Å². The molecule has 0 aliphatic carbocycles. The number of hydrogen-bond acceptors (Lipinski definition) is 6. The molecule has 0 atom stereocenters. The monoisotopic (exact) mass is 577 g/mol. The molecule has 0 radical (unpaired) electrons. The van der Waals surface area contributed by atoms with Crippen LogP contribution in [0.5, 0.6) is 11.5 Å². The molecule has 0 bridgehead atoms. The number of pyridine rings is 1. The van der Waals surface area contributed by atoms with Gasteiger partial charge in [-0.1, -0.05) is 62.1 Å². The molecule has 0 saturated carbocycles. The van der Waals surface area contributed by atoms with E-state index in [0.717, 1.165) is 60.1 Å². The molecule has 3 rings (SSSR count). The van der Waals surface area contributed by atoms with Crippen molar-refractivity contribution >= 4 is 29.8 Å². The third-order valence-corrected chi connectivity index (χ3v) is 7.54. The summed E-state index contributed by atoms with van der Waals surface area (Å²) >= 11 is 1.69. The van der Waals surface area contributed by atoms with Gasteiger partial charge in [0.15, 0.2) is 0 Å². The van der Waals surface area contributed by atoms with E-state index in [4.69, 9.17) is 19.7 Å². The molecule has 0 fully saturated rings. The minimum atomic E-state index is -1.03. The van der Waals surface area contributed by atoms with E-state index >= 15 is 0 Å². The number of carboxylic acids is 2. The summed E-state index contributed by atoms with van der Waals surface area (Å²) in [4.78, 5) is 26.6. The number of thioether (sulfide) groups is 1. The van der Waals surface area contributed by atoms with Gasteiger partial charge >= 0.3 is 11.9 Å². The largest absolute Gasteiger partial charge is 0.497 e. The van der Waals surface area contributed by atoms with Crippen molar-refractivity contribution in [2.24, 2.45) is 0 Å². The van der Waals surface area contributed by atoms with E-state index in [0.29, 0.717) is 23.8 Å². The smallest absolute Gasteiger partial charge is 0.328 e. The number of aliphatic carboxylic acids is 2. The predicted octanol–water partition coefficient (Wildman–Crippen LogP) is 7.21. The molecule has 41 heavy (non-hydrogen) atoms. The predicted molar refractivity (Wildman–Crippen MR) is 164 cm³/mol. The van der Waals surface area contributed by atoms with Gasteiger partial charge in [-0.15, -0.1) is 0 Å². The van der Waals surface area contributed by atoms with Gasteiger partial charge in [-0.2, -0.15) is 11.8 Å². The topological polar surface area (TPSA) is 106 Å². The number of aryl methyl sites for hydroxylation is 1. The molecule has 0 unspecified atom stereocenters. The average Bonchev–Trinajstić information content (AvgIpc) is 2.96. The second-order valence-electron chi connectivity index (χ2n) is 9.81. The Morgan fingerprint density at radius 1 is 0.805 bits per heavy atom. The third-order valence-electron chi connectivity index (χ3n) is 6.50. The first-order valence-corrected chi connectivity index (χ1v) is 15.1. The van der Waals surface area contributed by atoms with Gasteiger partial charge in [-0.05, 0) is 66.3 Å². The number of benzene rings is 2. The lowest BCUT2D eigenvalue weighted by Gasteiger charge is -2.11. The van der Waals surface area contributed by atoms with Gasteiger partial charge in [0.05, 0.1) is 25.8 Å². The van der Waals surface area contributed by atoms with Crippen LogP contribution in [0.1, 0.15) is 66.6 Å². The second kappa shape index (κ2) is 17.8. The van der Waals surface area contributed by atoms with Crippen LogP contribution < -0.4 is 9.47 Å². The first kappa shape index (κ1) is 31.7. The summed E-state index contributed by atoms with van der Waals surface area (Å²) in [7, 11) is 1.68. The van der Waals surface area contributed by atoms with Crippen LogP contribution in [0.15, 0.2) is 66.7 Å². The SMILES string of the molecule is COc1ccc(CCCCCCCCOc2ccc(CSCc3ccc(CC(=O)O)cc3)nc2C=CC(=O)O)cc1. The van der Waals surface area contributed by atoms with Gasteiger partial charge in [-0.25, -0.2) is 9.78 Å². The van der Waals surface area contributed by atoms with Crippen LogP contribution in [0.25, 0.3) is 6.08 Å². The molecule has 2 aromatic carbocycles. The molecule has 218 valence electrons. The van der Waals surface area contributed by atoms with E-state index in [1.54, 1.807) is 18.9 Å². The van der Waals surface area contributed by atoms with Gasteiger partial charge in [0, 0.05) is 17.6 Å². The van der Waals surface area contributed by atoms with Crippen LogP contribution >= 0.6 is 11.8 Å². The average molecular weight is 578 g/mol. The fourth-order valence-electron chi connectivity index (χ4n) is 4.29. The Labute approximate surface area is 246 Å². The molecule has 0 aliphatic rings. The Balaban J connectivity index is 1.37. The summed E-state index contributed by atoms with van der Waals surface area (Å²) < 4.78 is 11.2. The lowest BCUT2D eigenvalue weighted by molar-refractivity contribution is -0.136. The third kappa shape index (κ3) is 12.5. The van der Waals surface area contributed by atoms with Crippen LogP contribution in [0.4, 0.5) is 0 Å². The van der Waals surface area contributed by atoms with Gasteiger partial charge in [0.1, 0.15) is 17.2 Å². The van der Waals surface area contributed by atoms with Crippen LogP contribution in [-0.4, -0.2) is 40.9 Å². The van der Waals surface area contributed by atoms with Crippen molar-refractivity contribution in [2.45, 2.75) is 62.9 Å². The molecule has 2 N–H and O–H groups in total. The van der Waals surface area contributed by atoms with E-state index in [9.17, 15) is 9.59 Å². The van der Waals surface area contributed by atoms with Crippen molar-refractivity contribution in [1.29, 1.82) is 0 Å².